The van der Waals surface area contributed by atoms with Crippen LogP contribution in [0.25, 0.3) is 0 Å². The maximum absolute atomic E-state index is 6.30. The van der Waals surface area contributed by atoms with Crippen molar-refractivity contribution < 1.29 is 9.47 Å². The summed E-state index contributed by atoms with van der Waals surface area (Å²) >= 11 is 0. The molecule has 4 nitrogen and oxygen atoms in total. The molecule has 0 unspecified atom stereocenters. The van der Waals surface area contributed by atoms with Crippen molar-refractivity contribution in [1.29, 1.82) is 0 Å². The first-order chi connectivity index (χ1) is 11.1. The van der Waals surface area contributed by atoms with E-state index in [-0.39, 0.29) is 17.1 Å². The largest absolute Gasteiger partial charge is 0.381 e. The summed E-state index contributed by atoms with van der Waals surface area (Å²) in [4.78, 5) is 2.55. The van der Waals surface area contributed by atoms with Gasteiger partial charge in [-0.05, 0) is 38.3 Å². The van der Waals surface area contributed by atoms with Crippen LogP contribution >= 0.6 is 0 Å². The normalized spacial score (nSPS) is 28.8. The average molecular weight is 316 g/mol. The number of nitrogens with zero attached hydrogens (tertiary/aromatic N) is 1. The van der Waals surface area contributed by atoms with Crippen molar-refractivity contribution in [2.45, 2.75) is 43.8 Å². The molecular weight excluding hydrogens is 288 g/mol. The van der Waals surface area contributed by atoms with Crippen LogP contribution in [0.4, 0.5) is 5.69 Å². The van der Waals surface area contributed by atoms with Gasteiger partial charge in [0.1, 0.15) is 0 Å². The van der Waals surface area contributed by atoms with Crippen LogP contribution in [-0.2, 0) is 14.9 Å². The van der Waals surface area contributed by atoms with E-state index in [0.717, 1.165) is 52.2 Å². The van der Waals surface area contributed by atoms with E-state index in [2.05, 4.69) is 48.3 Å². The molecule has 0 aromatic heterocycles. The smallest absolute Gasteiger partial charge is 0.0881 e. The predicted molar refractivity (Wildman–Crippen MR) is 92.2 cm³/mol. The van der Waals surface area contributed by atoms with Gasteiger partial charge < -0.3 is 19.7 Å². The summed E-state index contributed by atoms with van der Waals surface area (Å²) in [5.74, 6) is 0. The van der Waals surface area contributed by atoms with Gasteiger partial charge in [-0.2, -0.15) is 0 Å². The highest BCUT2D eigenvalue weighted by Gasteiger charge is 2.44. The SMILES string of the molecule is CC1(C)CNC[C@H](CN2CC3(CCOCC3)c3ccccc32)O1. The van der Waals surface area contributed by atoms with Gasteiger partial charge in [0.15, 0.2) is 0 Å². The van der Waals surface area contributed by atoms with E-state index in [1.807, 2.05) is 0 Å². The van der Waals surface area contributed by atoms with Gasteiger partial charge in [0.05, 0.1) is 11.7 Å². The van der Waals surface area contributed by atoms with Crippen LogP contribution in [0.3, 0.4) is 0 Å². The molecule has 1 aromatic rings. The fourth-order valence-corrected chi connectivity index (χ4v) is 4.50. The Morgan fingerprint density at radius 2 is 2.00 bits per heavy atom. The van der Waals surface area contributed by atoms with Gasteiger partial charge in [0, 0.05) is 50.5 Å². The Bertz CT molecular complexity index is 566. The molecule has 2 saturated heterocycles. The van der Waals surface area contributed by atoms with Crippen molar-refractivity contribution >= 4 is 5.69 Å². The number of benzene rings is 1. The number of hydrogen-bond donors (Lipinski definition) is 1. The highest BCUT2D eigenvalue weighted by Crippen LogP contribution is 2.46. The molecule has 0 amide bonds. The summed E-state index contributed by atoms with van der Waals surface area (Å²) in [6.45, 7) is 10.1. The molecule has 1 N–H and O–H groups in total. The molecule has 3 aliphatic rings. The van der Waals surface area contributed by atoms with Crippen molar-refractivity contribution in [3.63, 3.8) is 0 Å². The molecule has 3 aliphatic heterocycles. The maximum Gasteiger partial charge on any atom is 0.0881 e. The zero-order valence-corrected chi connectivity index (χ0v) is 14.3. The lowest BCUT2D eigenvalue weighted by Gasteiger charge is -2.39. The van der Waals surface area contributed by atoms with Crippen LogP contribution in [0, 0.1) is 0 Å². The van der Waals surface area contributed by atoms with Gasteiger partial charge in [-0.15, -0.1) is 0 Å². The standard InChI is InChI=1S/C19H28N2O2/c1-18(2)13-20-11-15(23-18)12-21-14-19(7-9-22-10-8-19)16-5-3-4-6-17(16)21/h3-6,15,20H,7-14H2,1-2H3/t15-/m1/s1. The lowest BCUT2D eigenvalue weighted by Crippen LogP contribution is -2.54. The summed E-state index contributed by atoms with van der Waals surface area (Å²) in [6.07, 6.45) is 2.52. The van der Waals surface area contributed by atoms with E-state index < -0.39 is 0 Å². The van der Waals surface area contributed by atoms with E-state index >= 15 is 0 Å². The second-order valence-corrected chi connectivity index (χ2v) is 7.92. The molecule has 126 valence electrons. The van der Waals surface area contributed by atoms with E-state index in [9.17, 15) is 0 Å². The molecule has 2 fully saturated rings. The molecule has 4 rings (SSSR count). The van der Waals surface area contributed by atoms with Crippen molar-refractivity contribution in [2.24, 2.45) is 0 Å². The summed E-state index contributed by atoms with van der Waals surface area (Å²) in [5, 5.41) is 3.52. The van der Waals surface area contributed by atoms with Crippen LogP contribution in [0.15, 0.2) is 24.3 Å². The Morgan fingerprint density at radius 1 is 1.22 bits per heavy atom. The molecule has 4 heteroatoms. The fourth-order valence-electron chi connectivity index (χ4n) is 4.50. The van der Waals surface area contributed by atoms with Gasteiger partial charge in [0.2, 0.25) is 0 Å². The first-order valence-corrected chi connectivity index (χ1v) is 8.89. The molecule has 1 aromatic carbocycles. The minimum Gasteiger partial charge on any atom is -0.381 e. The molecule has 0 radical (unpaired) electrons. The van der Waals surface area contributed by atoms with Gasteiger partial charge in [-0.25, -0.2) is 0 Å². The molecule has 3 heterocycles. The Kier molecular flexibility index (Phi) is 3.87. The number of anilines is 1. The second-order valence-electron chi connectivity index (χ2n) is 7.92. The third-order valence-corrected chi connectivity index (χ3v) is 5.59. The van der Waals surface area contributed by atoms with Crippen molar-refractivity contribution in [3.05, 3.63) is 29.8 Å². The molecule has 0 saturated carbocycles. The van der Waals surface area contributed by atoms with Crippen molar-refractivity contribution in [3.8, 4) is 0 Å². The van der Waals surface area contributed by atoms with Crippen LogP contribution in [0.1, 0.15) is 32.3 Å². The third-order valence-electron chi connectivity index (χ3n) is 5.59. The van der Waals surface area contributed by atoms with Gasteiger partial charge >= 0.3 is 0 Å². The predicted octanol–water partition coefficient (Wildman–Crippen LogP) is 2.32. The van der Waals surface area contributed by atoms with Gasteiger partial charge in [-0.1, -0.05) is 18.2 Å². The summed E-state index contributed by atoms with van der Waals surface area (Å²) in [7, 11) is 0. The number of para-hydroxylation sites is 1. The Balaban J connectivity index is 1.56. The molecular formula is C19H28N2O2. The quantitative estimate of drug-likeness (QED) is 0.908. The molecule has 0 aliphatic carbocycles. The van der Waals surface area contributed by atoms with E-state index in [0.29, 0.717) is 0 Å². The molecule has 0 bridgehead atoms. The van der Waals surface area contributed by atoms with E-state index in [4.69, 9.17) is 9.47 Å². The Morgan fingerprint density at radius 3 is 2.78 bits per heavy atom. The summed E-state index contributed by atoms with van der Waals surface area (Å²) in [5.41, 5.74) is 3.14. The Hall–Kier alpha value is -1.10. The second kappa shape index (κ2) is 5.76. The molecule has 23 heavy (non-hydrogen) atoms. The minimum absolute atomic E-state index is 0.0709. The van der Waals surface area contributed by atoms with Crippen molar-refractivity contribution in [2.75, 3.05) is 44.3 Å². The number of morpholine rings is 1. The first-order valence-electron chi connectivity index (χ1n) is 8.89. The van der Waals surface area contributed by atoms with Crippen LogP contribution < -0.4 is 10.2 Å². The zero-order valence-electron chi connectivity index (χ0n) is 14.3. The number of hydrogen-bond acceptors (Lipinski definition) is 4. The highest BCUT2D eigenvalue weighted by molar-refractivity contribution is 5.63. The lowest BCUT2D eigenvalue weighted by molar-refractivity contribution is -0.0897. The number of rotatable bonds is 2. The lowest BCUT2D eigenvalue weighted by atomic mass is 9.76. The van der Waals surface area contributed by atoms with Crippen LogP contribution in [0.5, 0.6) is 0 Å². The van der Waals surface area contributed by atoms with Gasteiger partial charge in [0.25, 0.3) is 0 Å². The van der Waals surface area contributed by atoms with Crippen molar-refractivity contribution in [1.82, 2.24) is 5.32 Å². The molecule has 1 atom stereocenters. The first kappa shape index (κ1) is 15.4. The summed E-state index contributed by atoms with van der Waals surface area (Å²) < 4.78 is 11.9. The molecule has 1 spiro atoms. The topological polar surface area (TPSA) is 33.7 Å². The van der Waals surface area contributed by atoms with Gasteiger partial charge in [-0.3, -0.25) is 0 Å². The Labute approximate surface area is 139 Å². The number of fused-ring (bicyclic) bond motifs is 2. The van der Waals surface area contributed by atoms with Crippen LogP contribution in [0.2, 0.25) is 0 Å². The maximum atomic E-state index is 6.30. The highest BCUT2D eigenvalue weighted by atomic mass is 16.5. The van der Waals surface area contributed by atoms with E-state index in [1.54, 1.807) is 0 Å². The van der Waals surface area contributed by atoms with Crippen LogP contribution in [-0.4, -0.2) is 51.1 Å². The number of nitrogens with one attached hydrogen (secondary N) is 1. The fraction of sp³-hybridized carbons (Fsp3) is 0.684. The van der Waals surface area contributed by atoms with E-state index in [1.165, 1.54) is 11.3 Å². The zero-order chi connectivity index (χ0) is 15.9. The average Bonchev–Trinajstić information content (AvgIpc) is 2.81. The third kappa shape index (κ3) is 2.88. The summed E-state index contributed by atoms with van der Waals surface area (Å²) in [6, 6.07) is 8.95. The minimum atomic E-state index is -0.0709. The monoisotopic (exact) mass is 316 g/mol. The number of ether oxygens (including phenoxy) is 2.